The molecule has 0 aliphatic rings. The number of aliphatic imine (C=N–C) groups is 1. The van der Waals surface area contributed by atoms with Gasteiger partial charge >= 0.3 is 6.61 Å². The molecule has 30 heavy (non-hydrogen) atoms. The molecule has 160 valence electrons. The first kappa shape index (κ1) is 21.4. The van der Waals surface area contributed by atoms with Crippen LogP contribution in [0.4, 0.5) is 8.78 Å². The van der Waals surface area contributed by atoms with Crippen LogP contribution >= 0.6 is 0 Å². The van der Waals surface area contributed by atoms with Crippen LogP contribution in [-0.2, 0) is 13.0 Å². The molecule has 0 aliphatic heterocycles. The quantitative estimate of drug-likeness (QED) is 0.384. The van der Waals surface area contributed by atoms with Gasteiger partial charge in [0.15, 0.2) is 5.96 Å². The van der Waals surface area contributed by atoms with E-state index < -0.39 is 6.61 Å². The van der Waals surface area contributed by atoms with Gasteiger partial charge in [0.05, 0.1) is 7.11 Å². The molecule has 3 rings (SSSR count). The van der Waals surface area contributed by atoms with Gasteiger partial charge in [-0.15, -0.1) is 0 Å². The number of nitrogens with zero attached hydrogens (tertiary/aromatic N) is 1. The van der Waals surface area contributed by atoms with Crippen LogP contribution in [0.3, 0.4) is 0 Å². The lowest BCUT2D eigenvalue weighted by atomic mass is 10.1. The molecule has 0 fully saturated rings. The van der Waals surface area contributed by atoms with Gasteiger partial charge in [0.2, 0.25) is 0 Å². The number of guanidine groups is 1. The van der Waals surface area contributed by atoms with Crippen LogP contribution in [0.15, 0.2) is 47.5 Å². The Bertz CT molecular complexity index is 1020. The molecular formula is C22H26F2N4O2. The van der Waals surface area contributed by atoms with Crippen LogP contribution < -0.4 is 20.1 Å². The van der Waals surface area contributed by atoms with E-state index in [-0.39, 0.29) is 12.3 Å². The summed E-state index contributed by atoms with van der Waals surface area (Å²) in [6, 6.07) is 13.0. The van der Waals surface area contributed by atoms with Crippen LogP contribution in [0.5, 0.6) is 11.5 Å². The van der Waals surface area contributed by atoms with Crippen molar-refractivity contribution in [2.45, 2.75) is 26.5 Å². The van der Waals surface area contributed by atoms with Gasteiger partial charge in [-0.1, -0.05) is 18.2 Å². The summed E-state index contributed by atoms with van der Waals surface area (Å²) in [6.07, 6.45) is 0.818. The smallest absolute Gasteiger partial charge is 0.387 e. The van der Waals surface area contributed by atoms with E-state index in [2.05, 4.69) is 44.4 Å². The minimum atomic E-state index is -2.91. The maximum absolute atomic E-state index is 12.7. The molecular weight excluding hydrogens is 390 g/mol. The number of rotatable bonds is 8. The third-order valence-corrected chi connectivity index (χ3v) is 4.85. The van der Waals surface area contributed by atoms with Crippen molar-refractivity contribution < 1.29 is 18.3 Å². The Labute approximate surface area is 174 Å². The number of ether oxygens (including phenoxy) is 2. The summed E-state index contributed by atoms with van der Waals surface area (Å²) in [5.74, 6) is 1.10. The van der Waals surface area contributed by atoms with Gasteiger partial charge in [-0.25, -0.2) is 0 Å². The fourth-order valence-corrected chi connectivity index (χ4v) is 3.38. The van der Waals surface area contributed by atoms with Crippen molar-refractivity contribution in [3.8, 4) is 11.5 Å². The van der Waals surface area contributed by atoms with Crippen LogP contribution in [0.2, 0.25) is 0 Å². The number of methoxy groups -OCH3 is 1. The number of nitrogens with one attached hydrogen (secondary N) is 3. The number of H-pyrrole nitrogens is 1. The molecule has 8 heteroatoms. The van der Waals surface area contributed by atoms with E-state index in [1.807, 2.05) is 12.1 Å². The number of alkyl halides is 2. The zero-order valence-corrected chi connectivity index (χ0v) is 17.3. The second-order valence-electron chi connectivity index (χ2n) is 6.73. The second kappa shape index (κ2) is 9.96. The van der Waals surface area contributed by atoms with E-state index in [0.717, 1.165) is 17.6 Å². The Hall–Kier alpha value is -3.29. The largest absolute Gasteiger partial charge is 0.497 e. The third kappa shape index (κ3) is 5.20. The molecule has 1 aromatic heterocycles. The molecule has 0 saturated carbocycles. The van der Waals surface area contributed by atoms with E-state index in [1.165, 1.54) is 24.1 Å². The van der Waals surface area contributed by atoms with Crippen molar-refractivity contribution in [3.05, 3.63) is 59.3 Å². The molecule has 3 aromatic rings. The van der Waals surface area contributed by atoms with Gasteiger partial charge in [-0.2, -0.15) is 8.78 Å². The van der Waals surface area contributed by atoms with E-state index in [9.17, 15) is 8.78 Å². The molecule has 0 atom stereocenters. The molecule has 0 amide bonds. The summed E-state index contributed by atoms with van der Waals surface area (Å²) in [5.41, 5.74) is 4.11. The highest BCUT2D eigenvalue weighted by atomic mass is 19.3. The van der Waals surface area contributed by atoms with Crippen LogP contribution in [-0.4, -0.2) is 38.3 Å². The highest BCUT2D eigenvalue weighted by Crippen LogP contribution is 2.26. The Morgan fingerprint density at radius 3 is 2.70 bits per heavy atom. The maximum Gasteiger partial charge on any atom is 0.387 e. The maximum atomic E-state index is 12.7. The number of hydrogen-bond donors (Lipinski definition) is 3. The van der Waals surface area contributed by atoms with Gasteiger partial charge in [-0.05, 0) is 37.1 Å². The molecule has 0 aliphatic carbocycles. The van der Waals surface area contributed by atoms with E-state index in [1.54, 1.807) is 19.2 Å². The number of fused-ring (bicyclic) bond motifs is 1. The first-order valence-electron chi connectivity index (χ1n) is 9.64. The molecule has 3 N–H and O–H groups in total. The van der Waals surface area contributed by atoms with Gasteiger partial charge in [-0.3, -0.25) is 4.99 Å². The topological polar surface area (TPSA) is 70.7 Å². The average molecular weight is 416 g/mol. The Kier molecular flexibility index (Phi) is 7.11. The van der Waals surface area contributed by atoms with Gasteiger partial charge in [0.25, 0.3) is 0 Å². The summed E-state index contributed by atoms with van der Waals surface area (Å²) in [7, 11) is 3.14. The highest BCUT2D eigenvalue weighted by molar-refractivity contribution is 5.84. The fraction of sp³-hybridized carbons (Fsp3) is 0.318. The minimum absolute atomic E-state index is 0.0710. The molecule has 1 heterocycles. The molecule has 6 nitrogen and oxygen atoms in total. The van der Waals surface area contributed by atoms with Crippen LogP contribution in [0, 0.1) is 6.92 Å². The van der Waals surface area contributed by atoms with E-state index in [4.69, 9.17) is 4.74 Å². The van der Waals surface area contributed by atoms with Crippen molar-refractivity contribution >= 4 is 16.9 Å². The van der Waals surface area contributed by atoms with E-state index >= 15 is 0 Å². The van der Waals surface area contributed by atoms with Crippen molar-refractivity contribution in [1.82, 2.24) is 15.6 Å². The van der Waals surface area contributed by atoms with Crippen molar-refractivity contribution in [2.75, 3.05) is 20.7 Å². The van der Waals surface area contributed by atoms with Gasteiger partial charge < -0.3 is 25.1 Å². The number of aromatic nitrogens is 1. The summed E-state index contributed by atoms with van der Waals surface area (Å²) in [4.78, 5) is 7.60. The number of halogens is 2. The lowest BCUT2D eigenvalue weighted by Gasteiger charge is -2.15. The molecule has 0 radical (unpaired) electrons. The van der Waals surface area contributed by atoms with Crippen molar-refractivity contribution in [2.24, 2.45) is 4.99 Å². The van der Waals surface area contributed by atoms with Crippen LogP contribution in [0.25, 0.3) is 10.9 Å². The molecule has 0 unspecified atom stereocenters. The lowest BCUT2D eigenvalue weighted by Crippen LogP contribution is -2.38. The van der Waals surface area contributed by atoms with Crippen molar-refractivity contribution in [1.29, 1.82) is 0 Å². The number of para-hydroxylation sites is 1. The lowest BCUT2D eigenvalue weighted by molar-refractivity contribution is -0.0505. The molecule has 0 saturated heterocycles. The standard InChI is InChI=1S/C22H26F2N4O2/c1-14-17(18-6-4-5-7-19(18)28-14)10-11-26-22(25-2)27-13-15-8-9-16(29-3)12-20(15)30-21(23)24/h4-9,12,21,28H,10-11,13H2,1-3H3,(H2,25,26,27). The zero-order chi connectivity index (χ0) is 21.5. The molecule has 0 bridgehead atoms. The molecule has 0 spiro atoms. The summed E-state index contributed by atoms with van der Waals surface area (Å²) in [6.45, 7) is 0.104. The Balaban J connectivity index is 1.59. The minimum Gasteiger partial charge on any atom is -0.497 e. The zero-order valence-electron chi connectivity index (χ0n) is 17.3. The third-order valence-electron chi connectivity index (χ3n) is 4.85. The first-order chi connectivity index (χ1) is 14.5. The summed E-state index contributed by atoms with van der Waals surface area (Å²) < 4.78 is 35.2. The van der Waals surface area contributed by atoms with Gasteiger partial charge in [0.1, 0.15) is 11.5 Å². The van der Waals surface area contributed by atoms with Crippen LogP contribution in [0.1, 0.15) is 16.8 Å². The predicted molar refractivity (Wildman–Crippen MR) is 115 cm³/mol. The Morgan fingerprint density at radius 1 is 1.17 bits per heavy atom. The number of benzene rings is 2. The normalized spacial score (nSPS) is 11.7. The Morgan fingerprint density at radius 2 is 1.97 bits per heavy atom. The summed E-state index contributed by atoms with van der Waals surface area (Å²) in [5, 5.41) is 7.61. The average Bonchev–Trinajstić information content (AvgIpc) is 3.05. The monoisotopic (exact) mass is 416 g/mol. The first-order valence-corrected chi connectivity index (χ1v) is 9.64. The fourth-order valence-electron chi connectivity index (χ4n) is 3.38. The predicted octanol–water partition coefficient (Wildman–Crippen LogP) is 3.99. The number of aromatic amines is 1. The highest BCUT2D eigenvalue weighted by Gasteiger charge is 2.12. The number of hydrogen-bond acceptors (Lipinski definition) is 3. The van der Waals surface area contributed by atoms with Crippen molar-refractivity contribution in [3.63, 3.8) is 0 Å². The number of aryl methyl sites for hydroxylation is 1. The second-order valence-corrected chi connectivity index (χ2v) is 6.73. The SMILES string of the molecule is CN=C(NCCc1c(C)[nH]c2ccccc12)NCc1ccc(OC)cc1OC(F)F. The van der Waals surface area contributed by atoms with E-state index in [0.29, 0.717) is 23.8 Å². The summed E-state index contributed by atoms with van der Waals surface area (Å²) >= 11 is 0. The van der Waals surface area contributed by atoms with Gasteiger partial charge in [0, 0.05) is 48.4 Å². The molecule has 2 aromatic carbocycles.